The molecule has 6 rings (SSSR count). The van der Waals surface area contributed by atoms with Crippen LogP contribution in [0.15, 0.2) is 49.1 Å². The van der Waals surface area contributed by atoms with E-state index in [9.17, 15) is 4.79 Å². The molecule has 3 atom stereocenters. The second kappa shape index (κ2) is 11.3. The van der Waals surface area contributed by atoms with Crippen LogP contribution in [0.3, 0.4) is 0 Å². The van der Waals surface area contributed by atoms with Crippen molar-refractivity contribution in [2.24, 2.45) is 0 Å². The third-order valence-electron chi connectivity index (χ3n) is 8.45. The van der Waals surface area contributed by atoms with Crippen molar-refractivity contribution in [3.63, 3.8) is 0 Å². The second-order valence-electron chi connectivity index (χ2n) is 11.0. The summed E-state index contributed by atoms with van der Waals surface area (Å²) in [5.41, 5.74) is 1.74. The molecule has 40 heavy (non-hydrogen) atoms. The third-order valence-corrected chi connectivity index (χ3v) is 8.76. The van der Waals surface area contributed by atoms with Crippen molar-refractivity contribution in [1.82, 2.24) is 19.8 Å². The first-order chi connectivity index (χ1) is 19.4. The van der Waals surface area contributed by atoms with Crippen LogP contribution in [0.2, 0.25) is 5.02 Å². The summed E-state index contributed by atoms with van der Waals surface area (Å²) in [5.74, 6) is 0.990. The molecule has 1 aromatic heterocycles. The molecule has 0 saturated carbocycles. The van der Waals surface area contributed by atoms with E-state index in [4.69, 9.17) is 35.8 Å². The van der Waals surface area contributed by atoms with Gasteiger partial charge in [-0.3, -0.25) is 4.79 Å². The van der Waals surface area contributed by atoms with Gasteiger partial charge in [-0.05, 0) is 63.7 Å². The zero-order valence-corrected chi connectivity index (χ0v) is 23.8. The topological polar surface area (TPSA) is 77.0 Å². The number of carbonyl (C=O) groups excluding carboxylic acids is 1. The average molecular weight is 563 g/mol. The number of nitrogens with zero attached hydrogens (tertiary/aromatic N) is 4. The van der Waals surface area contributed by atoms with Crippen molar-refractivity contribution in [2.75, 3.05) is 33.3 Å². The first-order valence-corrected chi connectivity index (χ1v) is 14.5. The molecule has 0 bridgehead atoms. The van der Waals surface area contributed by atoms with Gasteiger partial charge in [0.2, 0.25) is 11.7 Å². The third kappa shape index (κ3) is 5.10. The molecule has 0 aliphatic carbocycles. The summed E-state index contributed by atoms with van der Waals surface area (Å²) in [5, 5.41) is 2.66. The van der Waals surface area contributed by atoms with Gasteiger partial charge in [-0.25, -0.2) is 0 Å². The van der Waals surface area contributed by atoms with Crippen molar-refractivity contribution in [3.8, 4) is 17.6 Å². The molecule has 0 N–H and O–H groups in total. The van der Waals surface area contributed by atoms with E-state index in [2.05, 4.69) is 18.5 Å². The monoisotopic (exact) mass is 562 g/mol. The summed E-state index contributed by atoms with van der Waals surface area (Å²) < 4.78 is 19.4. The van der Waals surface area contributed by atoms with E-state index in [0.29, 0.717) is 48.4 Å². The lowest BCUT2D eigenvalue weighted by Gasteiger charge is -2.36. The smallest absolute Gasteiger partial charge is 0.320 e. The molecule has 210 valence electrons. The van der Waals surface area contributed by atoms with E-state index in [-0.39, 0.29) is 17.9 Å². The highest BCUT2D eigenvalue weighted by Gasteiger charge is 2.37. The van der Waals surface area contributed by atoms with Crippen LogP contribution in [0.25, 0.3) is 10.8 Å². The van der Waals surface area contributed by atoms with Gasteiger partial charge in [-0.15, -0.1) is 0 Å². The van der Waals surface area contributed by atoms with E-state index >= 15 is 0 Å². The van der Waals surface area contributed by atoms with Gasteiger partial charge < -0.3 is 24.0 Å². The maximum absolute atomic E-state index is 12.2. The van der Waals surface area contributed by atoms with Crippen LogP contribution in [0.5, 0.6) is 17.6 Å². The highest BCUT2D eigenvalue weighted by atomic mass is 35.5. The maximum atomic E-state index is 12.2. The van der Waals surface area contributed by atoms with Crippen LogP contribution >= 0.6 is 11.6 Å². The predicted molar refractivity (Wildman–Crippen MR) is 154 cm³/mol. The van der Waals surface area contributed by atoms with Crippen LogP contribution < -0.4 is 14.2 Å². The van der Waals surface area contributed by atoms with Crippen molar-refractivity contribution in [3.05, 3.63) is 65.3 Å². The van der Waals surface area contributed by atoms with Crippen molar-refractivity contribution >= 4 is 28.3 Å². The number of fused-ring (bicyclic) bond motifs is 2. The van der Waals surface area contributed by atoms with Gasteiger partial charge in [0, 0.05) is 41.0 Å². The Morgan fingerprint density at radius 1 is 1.12 bits per heavy atom. The fraction of sp³-hybridized carbons (Fsp3) is 0.452. The normalized spacial score (nSPS) is 23.4. The van der Waals surface area contributed by atoms with Crippen LogP contribution in [0, 0.1) is 0 Å². The molecule has 9 heteroatoms. The minimum atomic E-state index is -0.417. The number of rotatable bonds is 6. The van der Waals surface area contributed by atoms with Gasteiger partial charge >= 0.3 is 6.01 Å². The summed E-state index contributed by atoms with van der Waals surface area (Å²) in [6, 6.07) is 12.6. The first kappa shape index (κ1) is 26.8. The highest BCUT2D eigenvalue weighted by molar-refractivity contribution is 6.35. The average Bonchev–Trinajstić information content (AvgIpc) is 3.39. The summed E-state index contributed by atoms with van der Waals surface area (Å²) in [7, 11) is 2.12. The summed E-state index contributed by atoms with van der Waals surface area (Å²) in [6.07, 6.45) is 4.41. The van der Waals surface area contributed by atoms with Crippen LogP contribution in [-0.4, -0.2) is 71.1 Å². The Morgan fingerprint density at radius 2 is 1.90 bits per heavy atom. The van der Waals surface area contributed by atoms with Gasteiger partial charge in [0.15, 0.2) is 6.10 Å². The molecule has 2 unspecified atom stereocenters. The Morgan fingerprint density at radius 3 is 2.62 bits per heavy atom. The van der Waals surface area contributed by atoms with Crippen LogP contribution in [0.1, 0.15) is 55.9 Å². The molecule has 2 saturated heterocycles. The lowest BCUT2D eigenvalue weighted by atomic mass is 9.92. The van der Waals surface area contributed by atoms with Gasteiger partial charge in [-0.1, -0.05) is 48.5 Å². The summed E-state index contributed by atoms with van der Waals surface area (Å²) in [6.45, 7) is 8.47. The van der Waals surface area contributed by atoms with E-state index in [0.717, 1.165) is 54.3 Å². The molecule has 4 heterocycles. The number of aromatic nitrogens is 2. The number of hydrogen-bond acceptors (Lipinski definition) is 7. The number of likely N-dealkylation sites (N-methyl/N-ethyl adjacent to an activating group) is 1. The van der Waals surface area contributed by atoms with Crippen molar-refractivity contribution < 1.29 is 19.0 Å². The van der Waals surface area contributed by atoms with Gasteiger partial charge in [-0.2, -0.15) is 9.97 Å². The molecule has 3 aliphatic rings. The zero-order chi connectivity index (χ0) is 27.8. The minimum absolute atomic E-state index is 0.0438. The largest absolute Gasteiger partial charge is 0.479 e. The fourth-order valence-electron chi connectivity index (χ4n) is 6.16. The molecule has 0 spiro atoms. The Balaban J connectivity index is 1.34. The Hall–Kier alpha value is -3.36. The number of hydrogen-bond donors (Lipinski definition) is 0. The molecule has 2 aromatic carbocycles. The first-order valence-electron chi connectivity index (χ1n) is 14.1. The van der Waals surface area contributed by atoms with Gasteiger partial charge in [0.1, 0.15) is 12.7 Å². The molecule has 1 amide bonds. The fourth-order valence-corrected chi connectivity index (χ4v) is 6.45. The standard InChI is InChI=1S/C31H35ClN4O4/c1-4-25(37)36-16-13-21(14-17-36)27-29-30(34-31(33-27)38-18-22-10-7-15-35(22)3)40-28(19(2)39-29)23-11-5-8-20-9-6-12-24(32)26(20)23/h4-6,8-9,11-12,19,21-22,28H,1,7,10,13-18H2,2-3H3/t19-,22?,28?/m1/s1. The van der Waals surface area contributed by atoms with Crippen LogP contribution in [-0.2, 0) is 4.79 Å². The van der Waals surface area contributed by atoms with E-state index < -0.39 is 6.10 Å². The molecule has 0 radical (unpaired) electrons. The number of benzene rings is 2. The molecule has 8 nitrogen and oxygen atoms in total. The number of carbonyl (C=O) groups is 1. The molecular weight excluding hydrogens is 528 g/mol. The number of amides is 1. The number of likely N-dealkylation sites (tertiary alicyclic amines) is 2. The van der Waals surface area contributed by atoms with Crippen molar-refractivity contribution in [2.45, 2.75) is 56.8 Å². The SMILES string of the molecule is C=CC(=O)N1CCC(c2nc(OCC3CCCN3C)nc3c2O[C@H](C)C(c2cccc4cccc(Cl)c24)O3)CC1. The number of halogens is 1. The zero-order valence-electron chi connectivity index (χ0n) is 23.0. The quantitative estimate of drug-likeness (QED) is 0.365. The maximum Gasteiger partial charge on any atom is 0.320 e. The Bertz CT molecular complexity index is 1420. The highest BCUT2D eigenvalue weighted by Crippen LogP contribution is 2.46. The van der Waals surface area contributed by atoms with Crippen LogP contribution in [0.4, 0.5) is 0 Å². The molecule has 2 fully saturated rings. The summed E-state index contributed by atoms with van der Waals surface area (Å²) >= 11 is 6.66. The Labute approximate surface area is 239 Å². The molecule has 3 aromatic rings. The summed E-state index contributed by atoms with van der Waals surface area (Å²) in [4.78, 5) is 25.9. The van der Waals surface area contributed by atoms with E-state index in [1.54, 1.807) is 0 Å². The predicted octanol–water partition coefficient (Wildman–Crippen LogP) is 5.55. The number of piperidine rings is 1. The van der Waals surface area contributed by atoms with E-state index in [1.165, 1.54) is 6.08 Å². The lowest BCUT2D eigenvalue weighted by molar-refractivity contribution is -0.127. The lowest BCUT2D eigenvalue weighted by Crippen LogP contribution is -2.38. The molecule has 3 aliphatic heterocycles. The number of ether oxygens (including phenoxy) is 3. The Kier molecular flexibility index (Phi) is 7.55. The van der Waals surface area contributed by atoms with Crippen molar-refractivity contribution in [1.29, 1.82) is 0 Å². The minimum Gasteiger partial charge on any atom is -0.479 e. The van der Waals surface area contributed by atoms with E-state index in [1.807, 2.05) is 48.2 Å². The van der Waals surface area contributed by atoms with Gasteiger partial charge in [0.05, 0.1) is 5.69 Å². The second-order valence-corrected chi connectivity index (χ2v) is 11.4. The molecular formula is C31H35ClN4O4. The van der Waals surface area contributed by atoms with Gasteiger partial charge in [0.25, 0.3) is 5.88 Å².